The van der Waals surface area contributed by atoms with Crippen LogP contribution in [0.25, 0.3) is 0 Å². The molecule has 0 bridgehead atoms. The van der Waals surface area contributed by atoms with Crippen molar-refractivity contribution < 1.29 is 23.9 Å². The first-order valence-corrected chi connectivity index (χ1v) is 12.6. The summed E-state index contributed by atoms with van der Waals surface area (Å²) in [5.41, 5.74) is 1.12. The first kappa shape index (κ1) is 24.8. The lowest BCUT2D eigenvalue weighted by Gasteiger charge is -2.19. The van der Waals surface area contributed by atoms with Gasteiger partial charge in [-0.25, -0.2) is 0 Å². The van der Waals surface area contributed by atoms with Crippen LogP contribution in [0.4, 0.5) is 0 Å². The molecule has 2 unspecified atom stereocenters. The lowest BCUT2D eigenvalue weighted by atomic mass is 9.81. The smallest absolute Gasteiger partial charge is 0.233 e. The summed E-state index contributed by atoms with van der Waals surface area (Å²) >= 11 is 0. The van der Waals surface area contributed by atoms with E-state index in [1.165, 1.54) is 4.90 Å². The molecule has 2 aliphatic rings. The van der Waals surface area contributed by atoms with Crippen molar-refractivity contribution in [3.8, 4) is 11.5 Å². The summed E-state index contributed by atoms with van der Waals surface area (Å²) in [6.07, 6.45) is 5.36. The minimum absolute atomic E-state index is 0.0829. The Hall–Kier alpha value is -3.35. The topological polar surface area (TPSA) is 84.9 Å². The molecule has 2 fully saturated rings. The molecule has 2 aromatic carbocycles. The van der Waals surface area contributed by atoms with Crippen molar-refractivity contribution >= 4 is 17.7 Å². The van der Waals surface area contributed by atoms with E-state index in [0.29, 0.717) is 19.8 Å². The Labute approximate surface area is 206 Å². The van der Waals surface area contributed by atoms with Gasteiger partial charge in [0.05, 0.1) is 18.4 Å². The van der Waals surface area contributed by atoms with Crippen molar-refractivity contribution in [3.05, 3.63) is 60.2 Å². The minimum atomic E-state index is -0.155. The second kappa shape index (κ2) is 12.4. The Morgan fingerprint density at radius 2 is 1.49 bits per heavy atom. The Kier molecular flexibility index (Phi) is 8.76. The molecule has 1 saturated carbocycles. The maximum atomic E-state index is 12.5. The Bertz CT molecular complexity index is 968. The van der Waals surface area contributed by atoms with Crippen molar-refractivity contribution in [3.63, 3.8) is 0 Å². The number of carbonyl (C=O) groups excluding carboxylic acids is 3. The van der Waals surface area contributed by atoms with Gasteiger partial charge in [0, 0.05) is 19.5 Å². The second-order valence-electron chi connectivity index (χ2n) is 9.23. The summed E-state index contributed by atoms with van der Waals surface area (Å²) in [6, 6.07) is 17.6. The monoisotopic (exact) mass is 478 g/mol. The van der Waals surface area contributed by atoms with E-state index in [-0.39, 0.29) is 42.5 Å². The van der Waals surface area contributed by atoms with E-state index in [9.17, 15) is 14.4 Å². The van der Waals surface area contributed by atoms with E-state index in [0.717, 1.165) is 55.6 Å². The number of nitrogens with one attached hydrogen (secondary N) is 1. The minimum Gasteiger partial charge on any atom is -0.494 e. The van der Waals surface area contributed by atoms with E-state index in [2.05, 4.69) is 5.32 Å². The van der Waals surface area contributed by atoms with Crippen molar-refractivity contribution in [2.24, 2.45) is 11.8 Å². The molecule has 1 heterocycles. The highest BCUT2D eigenvalue weighted by Crippen LogP contribution is 2.37. The van der Waals surface area contributed by atoms with E-state index >= 15 is 0 Å². The maximum Gasteiger partial charge on any atom is 0.233 e. The van der Waals surface area contributed by atoms with Gasteiger partial charge in [-0.1, -0.05) is 43.2 Å². The van der Waals surface area contributed by atoms with Crippen LogP contribution in [-0.4, -0.2) is 42.3 Å². The van der Waals surface area contributed by atoms with Gasteiger partial charge >= 0.3 is 0 Å². The number of benzene rings is 2. The van der Waals surface area contributed by atoms with E-state index in [1.807, 2.05) is 54.6 Å². The number of nitrogens with zero attached hydrogens (tertiary/aromatic N) is 1. The van der Waals surface area contributed by atoms with Crippen molar-refractivity contribution in [2.45, 2.75) is 51.6 Å². The van der Waals surface area contributed by atoms with Crippen LogP contribution < -0.4 is 14.8 Å². The first-order chi connectivity index (χ1) is 17.1. The predicted octanol–water partition coefficient (Wildman–Crippen LogP) is 4.11. The zero-order chi connectivity index (χ0) is 24.5. The first-order valence-electron chi connectivity index (χ1n) is 12.6. The standard InChI is InChI=1S/C28H34N2O5/c31-26(16-18-30-27(32)24-10-4-5-11-25(24)28(30)33)29-17-6-7-19-34-22-12-14-23(15-13-22)35-20-21-8-2-1-3-9-21/h1-3,8-9,12-15,24-25H,4-7,10-11,16-20H2,(H,29,31). The van der Waals surface area contributed by atoms with E-state index in [1.54, 1.807) is 0 Å². The third-order valence-electron chi connectivity index (χ3n) is 6.73. The average molecular weight is 479 g/mol. The van der Waals surface area contributed by atoms with Crippen LogP contribution in [0.5, 0.6) is 11.5 Å². The Morgan fingerprint density at radius 1 is 0.857 bits per heavy atom. The van der Waals surface area contributed by atoms with Gasteiger partial charge in [-0.3, -0.25) is 19.3 Å². The maximum absolute atomic E-state index is 12.5. The van der Waals surface area contributed by atoms with Gasteiger partial charge in [-0.2, -0.15) is 0 Å². The van der Waals surface area contributed by atoms with Gasteiger partial charge in [-0.15, -0.1) is 0 Å². The van der Waals surface area contributed by atoms with Crippen LogP contribution in [0.3, 0.4) is 0 Å². The van der Waals surface area contributed by atoms with Gasteiger partial charge < -0.3 is 14.8 Å². The Balaban J connectivity index is 1.06. The third-order valence-corrected chi connectivity index (χ3v) is 6.73. The van der Waals surface area contributed by atoms with Gasteiger partial charge in [0.1, 0.15) is 18.1 Å². The molecule has 7 heteroatoms. The SMILES string of the molecule is O=C(CCN1C(=O)C2CCCCC2C1=O)NCCCCOc1ccc(OCc2ccccc2)cc1. The molecule has 1 N–H and O–H groups in total. The fraction of sp³-hybridized carbons (Fsp3) is 0.464. The fourth-order valence-corrected chi connectivity index (χ4v) is 4.77. The number of unbranched alkanes of at least 4 members (excludes halogenated alkanes) is 1. The van der Waals surface area contributed by atoms with Gasteiger partial charge in [-0.05, 0) is 55.5 Å². The van der Waals surface area contributed by atoms with Crippen molar-refractivity contribution in [2.75, 3.05) is 19.7 Å². The van der Waals surface area contributed by atoms with Gasteiger partial charge in [0.25, 0.3) is 0 Å². The normalized spacial score (nSPS) is 19.4. The number of ether oxygens (including phenoxy) is 2. The fourth-order valence-electron chi connectivity index (χ4n) is 4.77. The molecule has 35 heavy (non-hydrogen) atoms. The summed E-state index contributed by atoms with van der Waals surface area (Å²) in [6.45, 7) is 1.81. The zero-order valence-corrected chi connectivity index (χ0v) is 20.1. The van der Waals surface area contributed by atoms with Crippen LogP contribution in [0.15, 0.2) is 54.6 Å². The summed E-state index contributed by atoms with van der Waals surface area (Å²) in [5, 5.41) is 2.87. The number of hydrogen-bond acceptors (Lipinski definition) is 5. The second-order valence-corrected chi connectivity index (χ2v) is 9.23. The summed E-state index contributed by atoms with van der Waals surface area (Å²) in [5.74, 6) is 0.963. The quantitative estimate of drug-likeness (QED) is 0.367. The number of amides is 3. The van der Waals surface area contributed by atoms with Crippen molar-refractivity contribution in [1.29, 1.82) is 0 Å². The predicted molar refractivity (Wildman–Crippen MR) is 132 cm³/mol. The number of imide groups is 1. The molecule has 7 nitrogen and oxygen atoms in total. The Morgan fingerprint density at radius 3 is 2.14 bits per heavy atom. The highest BCUT2D eigenvalue weighted by Gasteiger charge is 2.47. The van der Waals surface area contributed by atoms with Crippen LogP contribution >= 0.6 is 0 Å². The number of hydrogen-bond donors (Lipinski definition) is 1. The summed E-state index contributed by atoms with van der Waals surface area (Å²) in [4.78, 5) is 38.4. The molecule has 2 aromatic rings. The van der Waals surface area contributed by atoms with E-state index < -0.39 is 0 Å². The lowest BCUT2D eigenvalue weighted by Crippen LogP contribution is -2.35. The highest BCUT2D eigenvalue weighted by molar-refractivity contribution is 6.05. The molecular weight excluding hydrogens is 444 g/mol. The number of rotatable bonds is 12. The molecule has 4 rings (SSSR count). The molecule has 0 radical (unpaired) electrons. The average Bonchev–Trinajstić information content (AvgIpc) is 3.14. The number of fused-ring (bicyclic) bond motifs is 1. The molecule has 0 spiro atoms. The number of carbonyl (C=O) groups is 3. The number of likely N-dealkylation sites (tertiary alicyclic amines) is 1. The van der Waals surface area contributed by atoms with Crippen LogP contribution in [0.2, 0.25) is 0 Å². The van der Waals surface area contributed by atoms with Crippen LogP contribution in [-0.2, 0) is 21.0 Å². The molecular formula is C28H34N2O5. The van der Waals surface area contributed by atoms with Gasteiger partial charge in [0.2, 0.25) is 17.7 Å². The highest BCUT2D eigenvalue weighted by atomic mass is 16.5. The summed E-state index contributed by atoms with van der Waals surface area (Å²) < 4.78 is 11.5. The van der Waals surface area contributed by atoms with Crippen LogP contribution in [0, 0.1) is 11.8 Å². The van der Waals surface area contributed by atoms with Gasteiger partial charge in [0.15, 0.2) is 0 Å². The van der Waals surface area contributed by atoms with Crippen molar-refractivity contribution in [1.82, 2.24) is 10.2 Å². The van der Waals surface area contributed by atoms with Crippen LogP contribution in [0.1, 0.15) is 50.5 Å². The molecule has 1 saturated heterocycles. The molecule has 0 aromatic heterocycles. The third kappa shape index (κ3) is 6.84. The molecule has 1 aliphatic carbocycles. The molecule has 3 amide bonds. The zero-order valence-electron chi connectivity index (χ0n) is 20.1. The van der Waals surface area contributed by atoms with E-state index in [4.69, 9.17) is 9.47 Å². The molecule has 1 aliphatic heterocycles. The molecule has 2 atom stereocenters. The summed E-state index contributed by atoms with van der Waals surface area (Å²) in [7, 11) is 0. The molecule has 186 valence electrons. The lowest BCUT2D eigenvalue weighted by molar-refractivity contribution is -0.140. The largest absolute Gasteiger partial charge is 0.494 e.